The number of rotatable bonds is 9. The van der Waals surface area contributed by atoms with Crippen molar-refractivity contribution in [2.75, 3.05) is 7.15 Å². The van der Waals surface area contributed by atoms with Crippen molar-refractivity contribution in [1.82, 2.24) is 0 Å². The second-order valence-electron chi connectivity index (χ2n) is 9.73. The highest BCUT2D eigenvalue weighted by Crippen LogP contribution is 2.22. The largest absolute Gasteiger partial charge is 0.508 e. The van der Waals surface area contributed by atoms with Gasteiger partial charge in [0, 0.05) is 6.07 Å². The van der Waals surface area contributed by atoms with Crippen LogP contribution in [0.2, 0.25) is 0 Å². The first-order chi connectivity index (χ1) is 22.7. The highest BCUT2D eigenvalue weighted by atomic mass is 19.1. The topological polar surface area (TPSA) is 110 Å². The molecule has 0 fully saturated rings. The number of aryl methyl sites for hydroxylation is 2. The molecule has 0 bridgehead atoms. The molecule has 0 amide bonds. The lowest BCUT2D eigenvalue weighted by atomic mass is 10.1. The number of aromatic hydroxyl groups is 2. The SMILES string of the molecule is Cc1ccc(C=O)c(OCc2ccccc2)c1.Cc1ccc(C=O)c(OCc2ccccc2)c1.O=Cc1ccc(O)cc1O.[2H]CF. The molecule has 46 heavy (non-hydrogen) atoms. The van der Waals surface area contributed by atoms with Gasteiger partial charge in [-0.2, -0.15) is 0 Å². The molecule has 5 rings (SSSR count). The van der Waals surface area contributed by atoms with Crippen LogP contribution < -0.4 is 9.47 Å². The first-order valence-electron chi connectivity index (χ1n) is 14.7. The van der Waals surface area contributed by atoms with Crippen LogP contribution in [0.15, 0.2) is 115 Å². The van der Waals surface area contributed by atoms with Crippen molar-refractivity contribution in [2.24, 2.45) is 0 Å². The second-order valence-corrected chi connectivity index (χ2v) is 9.73. The van der Waals surface area contributed by atoms with Crippen molar-refractivity contribution in [1.29, 1.82) is 0 Å². The van der Waals surface area contributed by atoms with Crippen LogP contribution in [0.4, 0.5) is 4.39 Å². The van der Waals surface area contributed by atoms with E-state index in [1.165, 1.54) is 12.1 Å². The smallest absolute Gasteiger partial charge is 0.153 e. The molecule has 0 unspecified atom stereocenters. The zero-order valence-corrected chi connectivity index (χ0v) is 25.6. The Hall–Kier alpha value is -5.76. The highest BCUT2D eigenvalue weighted by Gasteiger charge is 2.04. The van der Waals surface area contributed by atoms with Crippen molar-refractivity contribution >= 4 is 18.9 Å². The number of aldehydes is 3. The third-order valence-electron chi connectivity index (χ3n) is 6.21. The predicted molar refractivity (Wildman–Crippen MR) is 177 cm³/mol. The van der Waals surface area contributed by atoms with Gasteiger partial charge >= 0.3 is 0 Å². The Kier molecular flexibility index (Phi) is 15.3. The van der Waals surface area contributed by atoms with Gasteiger partial charge in [-0.15, -0.1) is 0 Å². The summed E-state index contributed by atoms with van der Waals surface area (Å²) < 4.78 is 26.8. The third kappa shape index (κ3) is 12.5. The average molecular weight is 626 g/mol. The molecule has 0 saturated heterocycles. The third-order valence-corrected chi connectivity index (χ3v) is 6.21. The van der Waals surface area contributed by atoms with Gasteiger partial charge in [-0.1, -0.05) is 72.8 Å². The van der Waals surface area contributed by atoms with E-state index < -0.39 is 7.15 Å². The fraction of sp³-hybridized carbons (Fsp3) is 0.132. The Morgan fingerprint density at radius 2 is 1.00 bits per heavy atom. The summed E-state index contributed by atoms with van der Waals surface area (Å²) >= 11 is 0. The zero-order chi connectivity index (χ0) is 34.4. The van der Waals surface area contributed by atoms with E-state index in [4.69, 9.17) is 21.1 Å². The summed E-state index contributed by atoms with van der Waals surface area (Å²) in [4.78, 5) is 31.8. The summed E-state index contributed by atoms with van der Waals surface area (Å²) in [6.07, 6.45) is 2.16. The Bertz CT molecular complexity index is 1580. The molecule has 0 atom stereocenters. The summed E-state index contributed by atoms with van der Waals surface area (Å²) in [6.45, 7) is 4.91. The van der Waals surface area contributed by atoms with Crippen molar-refractivity contribution in [3.63, 3.8) is 0 Å². The van der Waals surface area contributed by atoms with Crippen LogP contribution in [0.5, 0.6) is 23.0 Å². The predicted octanol–water partition coefficient (Wildman–Crippen LogP) is 8.27. The van der Waals surface area contributed by atoms with Gasteiger partial charge in [-0.25, -0.2) is 0 Å². The fourth-order valence-corrected chi connectivity index (χ4v) is 3.83. The minimum absolute atomic E-state index is 0.0527. The first-order valence-corrected chi connectivity index (χ1v) is 14.0. The molecule has 0 aliphatic carbocycles. The van der Waals surface area contributed by atoms with E-state index in [0.717, 1.165) is 40.9 Å². The van der Waals surface area contributed by atoms with Gasteiger partial charge in [0.1, 0.15) is 36.2 Å². The van der Waals surface area contributed by atoms with Crippen molar-refractivity contribution in [3.8, 4) is 23.0 Å². The van der Waals surface area contributed by atoms with E-state index in [-0.39, 0.29) is 17.1 Å². The van der Waals surface area contributed by atoms with Gasteiger partial charge in [-0.05, 0) is 72.5 Å². The van der Waals surface area contributed by atoms with E-state index in [0.29, 0.717) is 42.1 Å². The van der Waals surface area contributed by atoms with Crippen LogP contribution in [0.25, 0.3) is 0 Å². The van der Waals surface area contributed by atoms with E-state index in [9.17, 15) is 18.8 Å². The molecule has 5 aromatic rings. The molecule has 238 valence electrons. The molecule has 2 N–H and O–H groups in total. The molecular formula is C38H37FO7. The highest BCUT2D eigenvalue weighted by molar-refractivity contribution is 5.80. The number of halogens is 1. The summed E-state index contributed by atoms with van der Waals surface area (Å²) in [6, 6.07) is 34.7. The Morgan fingerprint density at radius 3 is 1.37 bits per heavy atom. The minimum Gasteiger partial charge on any atom is -0.508 e. The van der Waals surface area contributed by atoms with Gasteiger partial charge < -0.3 is 19.7 Å². The second kappa shape index (κ2) is 20.2. The van der Waals surface area contributed by atoms with Crippen LogP contribution >= 0.6 is 0 Å². The lowest BCUT2D eigenvalue weighted by molar-refractivity contribution is 0.111. The molecule has 0 aliphatic rings. The van der Waals surface area contributed by atoms with E-state index in [2.05, 4.69) is 0 Å². The molecule has 0 radical (unpaired) electrons. The molecule has 0 saturated carbocycles. The van der Waals surface area contributed by atoms with Crippen LogP contribution in [-0.4, -0.2) is 36.2 Å². The Balaban J connectivity index is 0.000000243. The maximum atomic E-state index is 10.9. The normalized spacial score (nSPS) is 9.76. The van der Waals surface area contributed by atoms with E-state index in [1.54, 1.807) is 12.1 Å². The molecule has 0 heterocycles. The fourth-order valence-electron chi connectivity index (χ4n) is 3.83. The summed E-state index contributed by atoms with van der Waals surface area (Å²) in [7, 11) is -1.00. The van der Waals surface area contributed by atoms with Gasteiger partial charge in [-0.3, -0.25) is 18.8 Å². The lowest BCUT2D eigenvalue weighted by Gasteiger charge is -2.09. The number of carbonyl (C=O) groups is 3. The van der Waals surface area contributed by atoms with Gasteiger partial charge in [0.05, 0.1) is 25.2 Å². The monoisotopic (exact) mass is 625 g/mol. The van der Waals surface area contributed by atoms with Crippen molar-refractivity contribution in [3.05, 3.63) is 154 Å². The van der Waals surface area contributed by atoms with Gasteiger partial charge in [0.15, 0.2) is 18.9 Å². The van der Waals surface area contributed by atoms with Crippen molar-refractivity contribution in [2.45, 2.75) is 27.1 Å². The summed E-state index contributed by atoms with van der Waals surface area (Å²) in [5.74, 6) is 1.03. The van der Waals surface area contributed by atoms with Crippen LogP contribution in [0.3, 0.4) is 0 Å². The molecule has 0 aliphatic heterocycles. The maximum Gasteiger partial charge on any atom is 0.153 e. The first kappa shape index (κ1) is 34.7. The molecule has 7 nitrogen and oxygen atoms in total. The Labute approximate surface area is 269 Å². The van der Waals surface area contributed by atoms with Gasteiger partial charge in [0.2, 0.25) is 0 Å². The Morgan fingerprint density at radius 1 is 0.609 bits per heavy atom. The quantitative estimate of drug-likeness (QED) is 0.159. The number of hydrogen-bond acceptors (Lipinski definition) is 7. The van der Waals surface area contributed by atoms with E-state index >= 15 is 0 Å². The maximum absolute atomic E-state index is 10.9. The molecule has 8 heteroatoms. The van der Waals surface area contributed by atoms with Crippen molar-refractivity contribution < 1.29 is 39.8 Å². The molecule has 0 aromatic heterocycles. The zero-order valence-electron chi connectivity index (χ0n) is 26.6. The van der Waals surface area contributed by atoms with Crippen LogP contribution in [0.1, 0.15) is 54.7 Å². The summed E-state index contributed by atoms with van der Waals surface area (Å²) in [5.41, 5.74) is 5.70. The number of alkyl halides is 1. The lowest BCUT2D eigenvalue weighted by Crippen LogP contribution is -1.98. The standard InChI is InChI=1S/2C15H14O2.C7H6O3.CH3F/c2*1-12-7-8-14(10-16)15(9-12)17-11-13-5-3-2-4-6-13;8-4-5-1-2-6(9)3-7(5)10;1-2/h2*2-10H,11H2,1H3;1-4,9-10H;1H3/i;;;1D. The molecule has 0 spiro atoms. The number of phenolic OH excluding ortho intramolecular Hbond substituents is 2. The summed E-state index contributed by atoms with van der Waals surface area (Å²) in [5, 5.41) is 17.7. The minimum atomic E-state index is -1.00. The van der Waals surface area contributed by atoms with Crippen LogP contribution in [0, 0.1) is 13.8 Å². The van der Waals surface area contributed by atoms with E-state index in [1.807, 2.05) is 98.8 Å². The number of benzene rings is 5. The number of phenols is 2. The van der Waals surface area contributed by atoms with Crippen LogP contribution in [-0.2, 0) is 13.2 Å². The number of carbonyl (C=O) groups excluding carboxylic acids is 3. The average Bonchev–Trinajstić information content (AvgIpc) is 3.08. The molecule has 5 aromatic carbocycles. The number of ether oxygens (including phenoxy) is 2. The van der Waals surface area contributed by atoms with Gasteiger partial charge in [0.25, 0.3) is 0 Å². The molecular weight excluding hydrogens is 587 g/mol. The number of hydrogen-bond donors (Lipinski definition) is 2.